The van der Waals surface area contributed by atoms with Crippen molar-refractivity contribution in [3.63, 3.8) is 0 Å². The summed E-state index contributed by atoms with van der Waals surface area (Å²) in [5.74, 6) is 1.18. The molecule has 1 amide bonds. The molecule has 3 rings (SSSR count). The summed E-state index contributed by atoms with van der Waals surface area (Å²) in [7, 11) is 0.366. The second-order valence-corrected chi connectivity index (χ2v) is 9.11. The van der Waals surface area contributed by atoms with Crippen LogP contribution in [0.3, 0.4) is 0 Å². The molecule has 0 unspecified atom stereocenters. The maximum Gasteiger partial charge on any atom is 0.243 e. The number of rotatable bonds is 9. The molecule has 0 saturated heterocycles. The molecule has 0 aliphatic rings. The summed E-state index contributed by atoms with van der Waals surface area (Å²) < 4.78 is 38.9. The molecule has 0 fully saturated rings. The van der Waals surface area contributed by atoms with Crippen LogP contribution in [0.25, 0.3) is 5.69 Å². The van der Waals surface area contributed by atoms with E-state index in [1.54, 1.807) is 6.20 Å². The molecular formula is C22H26N4O5S. The zero-order chi connectivity index (χ0) is 23.3. The van der Waals surface area contributed by atoms with Gasteiger partial charge in [0.2, 0.25) is 15.9 Å². The summed E-state index contributed by atoms with van der Waals surface area (Å²) in [6, 6.07) is 12.0. The molecular weight excluding hydrogens is 432 g/mol. The number of aryl methyl sites for hydroxylation is 1. The molecule has 0 aliphatic carbocycles. The van der Waals surface area contributed by atoms with Crippen molar-refractivity contribution in [1.82, 2.24) is 19.2 Å². The van der Waals surface area contributed by atoms with Crippen LogP contribution in [0.5, 0.6) is 11.5 Å². The standard InChI is InChI=1S/C22H26N4O5S/c1-16-23-11-12-26(16)18-7-5-17(6-8-18)14-24-22(27)15-25(2)32(28,29)19-9-10-20(30-3)21(13-19)31-4/h5-13H,14-15H2,1-4H3,(H,24,27). The number of benzene rings is 2. The molecule has 0 saturated carbocycles. The molecule has 0 atom stereocenters. The second kappa shape index (κ2) is 9.84. The minimum absolute atomic E-state index is 0.0100. The van der Waals surface area contributed by atoms with Gasteiger partial charge < -0.3 is 19.4 Å². The lowest BCUT2D eigenvalue weighted by Crippen LogP contribution is -2.38. The average molecular weight is 459 g/mol. The zero-order valence-corrected chi connectivity index (χ0v) is 19.2. The number of nitrogens with zero attached hydrogens (tertiary/aromatic N) is 3. The summed E-state index contributed by atoms with van der Waals surface area (Å²) in [4.78, 5) is 16.6. The van der Waals surface area contributed by atoms with Gasteiger partial charge in [0.15, 0.2) is 11.5 Å². The molecule has 0 radical (unpaired) electrons. The monoisotopic (exact) mass is 458 g/mol. The third-order valence-electron chi connectivity index (χ3n) is 4.96. The molecule has 1 N–H and O–H groups in total. The quantitative estimate of drug-likeness (QED) is 0.527. The maximum absolute atomic E-state index is 12.8. The van der Waals surface area contributed by atoms with Gasteiger partial charge in [0.1, 0.15) is 5.82 Å². The second-order valence-electron chi connectivity index (χ2n) is 7.07. The first-order valence-corrected chi connectivity index (χ1v) is 11.2. The first-order valence-electron chi connectivity index (χ1n) is 9.80. The smallest absolute Gasteiger partial charge is 0.243 e. The Bertz CT molecular complexity index is 1190. The maximum atomic E-state index is 12.8. The molecule has 10 heteroatoms. The van der Waals surface area contributed by atoms with E-state index < -0.39 is 15.9 Å². The van der Waals surface area contributed by atoms with Crippen molar-refractivity contribution in [2.24, 2.45) is 0 Å². The number of methoxy groups -OCH3 is 2. The number of hydrogen-bond donors (Lipinski definition) is 1. The van der Waals surface area contributed by atoms with Crippen molar-refractivity contribution in [3.8, 4) is 17.2 Å². The number of hydrogen-bond acceptors (Lipinski definition) is 6. The molecule has 32 heavy (non-hydrogen) atoms. The van der Waals surface area contributed by atoms with Crippen LogP contribution in [0, 0.1) is 6.92 Å². The van der Waals surface area contributed by atoms with Crippen molar-refractivity contribution in [2.45, 2.75) is 18.4 Å². The highest BCUT2D eigenvalue weighted by molar-refractivity contribution is 7.89. The van der Waals surface area contributed by atoms with Gasteiger partial charge in [0, 0.05) is 37.7 Å². The fourth-order valence-electron chi connectivity index (χ4n) is 3.13. The number of likely N-dealkylation sites (N-methyl/N-ethyl adjacent to an activating group) is 1. The van der Waals surface area contributed by atoms with Crippen LogP contribution in [-0.4, -0.2) is 56.0 Å². The van der Waals surface area contributed by atoms with Crippen LogP contribution in [0.4, 0.5) is 0 Å². The predicted molar refractivity (Wildman–Crippen MR) is 120 cm³/mol. The van der Waals surface area contributed by atoms with Gasteiger partial charge in [0.25, 0.3) is 0 Å². The number of carbonyl (C=O) groups excluding carboxylic acids is 1. The number of amides is 1. The van der Waals surface area contributed by atoms with E-state index in [1.807, 2.05) is 42.0 Å². The van der Waals surface area contributed by atoms with Crippen LogP contribution in [0.1, 0.15) is 11.4 Å². The van der Waals surface area contributed by atoms with Gasteiger partial charge in [-0.2, -0.15) is 4.31 Å². The Morgan fingerprint density at radius 1 is 1.09 bits per heavy atom. The minimum atomic E-state index is -3.88. The summed E-state index contributed by atoms with van der Waals surface area (Å²) in [6.07, 6.45) is 3.61. The van der Waals surface area contributed by atoms with Crippen LogP contribution >= 0.6 is 0 Å². The number of nitrogens with one attached hydrogen (secondary N) is 1. The van der Waals surface area contributed by atoms with E-state index in [0.717, 1.165) is 21.4 Å². The lowest BCUT2D eigenvalue weighted by molar-refractivity contribution is -0.121. The van der Waals surface area contributed by atoms with Gasteiger partial charge in [-0.3, -0.25) is 4.79 Å². The number of aromatic nitrogens is 2. The normalized spacial score (nSPS) is 11.4. The van der Waals surface area contributed by atoms with Gasteiger partial charge in [-0.1, -0.05) is 12.1 Å². The molecule has 0 bridgehead atoms. The van der Waals surface area contributed by atoms with Crippen LogP contribution in [0.2, 0.25) is 0 Å². The molecule has 2 aromatic carbocycles. The summed E-state index contributed by atoms with van der Waals surface area (Å²) in [5.41, 5.74) is 1.86. The van der Waals surface area contributed by atoms with Crippen molar-refractivity contribution >= 4 is 15.9 Å². The number of imidazole rings is 1. The number of sulfonamides is 1. The Hall–Kier alpha value is -3.37. The van der Waals surface area contributed by atoms with Gasteiger partial charge in [-0.25, -0.2) is 13.4 Å². The predicted octanol–water partition coefficient (Wildman–Crippen LogP) is 2.13. The third kappa shape index (κ3) is 5.09. The highest BCUT2D eigenvalue weighted by atomic mass is 32.2. The first-order chi connectivity index (χ1) is 15.3. The fourth-order valence-corrected chi connectivity index (χ4v) is 4.27. The van der Waals surface area contributed by atoms with Crippen molar-refractivity contribution in [1.29, 1.82) is 0 Å². The Labute approximate surface area is 187 Å². The Balaban J connectivity index is 1.60. The Kier molecular flexibility index (Phi) is 7.16. The van der Waals surface area contributed by atoms with Crippen molar-refractivity contribution in [3.05, 3.63) is 66.2 Å². The van der Waals surface area contributed by atoms with E-state index in [4.69, 9.17) is 9.47 Å². The summed E-state index contributed by atoms with van der Waals surface area (Å²) >= 11 is 0. The van der Waals surface area contributed by atoms with Crippen LogP contribution < -0.4 is 14.8 Å². The average Bonchev–Trinajstić information content (AvgIpc) is 3.23. The van der Waals surface area contributed by atoms with E-state index in [9.17, 15) is 13.2 Å². The number of ether oxygens (including phenoxy) is 2. The minimum Gasteiger partial charge on any atom is -0.493 e. The van der Waals surface area contributed by atoms with E-state index in [0.29, 0.717) is 11.5 Å². The van der Waals surface area contributed by atoms with Gasteiger partial charge in [-0.05, 0) is 36.8 Å². The van der Waals surface area contributed by atoms with Crippen LogP contribution in [0.15, 0.2) is 59.8 Å². The molecule has 170 valence electrons. The molecule has 1 aromatic heterocycles. The Morgan fingerprint density at radius 3 is 2.38 bits per heavy atom. The van der Waals surface area contributed by atoms with Crippen molar-refractivity contribution in [2.75, 3.05) is 27.8 Å². The van der Waals surface area contributed by atoms with Crippen LogP contribution in [-0.2, 0) is 21.4 Å². The molecule has 0 aliphatic heterocycles. The van der Waals surface area contributed by atoms with Gasteiger partial charge in [0.05, 0.1) is 25.7 Å². The largest absolute Gasteiger partial charge is 0.493 e. The van der Waals surface area contributed by atoms with Gasteiger partial charge in [-0.15, -0.1) is 0 Å². The summed E-state index contributed by atoms with van der Waals surface area (Å²) in [6.45, 7) is 1.88. The van der Waals surface area contributed by atoms with E-state index in [-0.39, 0.29) is 18.0 Å². The third-order valence-corrected chi connectivity index (χ3v) is 6.76. The fraction of sp³-hybridized carbons (Fsp3) is 0.273. The number of carbonyl (C=O) groups is 1. The lowest BCUT2D eigenvalue weighted by atomic mass is 10.2. The first kappa shape index (κ1) is 23.3. The lowest BCUT2D eigenvalue weighted by Gasteiger charge is -2.18. The van der Waals surface area contributed by atoms with E-state index in [2.05, 4.69) is 10.3 Å². The Morgan fingerprint density at radius 2 is 1.78 bits per heavy atom. The highest BCUT2D eigenvalue weighted by Crippen LogP contribution is 2.30. The molecule has 3 aromatic rings. The SMILES string of the molecule is COc1ccc(S(=O)(=O)N(C)CC(=O)NCc2ccc(-n3ccnc3C)cc2)cc1OC. The van der Waals surface area contributed by atoms with Crippen molar-refractivity contribution < 1.29 is 22.7 Å². The summed E-state index contributed by atoms with van der Waals surface area (Å²) in [5, 5.41) is 2.75. The topological polar surface area (TPSA) is 103 Å². The van der Waals surface area contributed by atoms with Gasteiger partial charge >= 0.3 is 0 Å². The van der Waals surface area contributed by atoms with E-state index >= 15 is 0 Å². The van der Waals surface area contributed by atoms with E-state index in [1.165, 1.54) is 39.5 Å². The molecule has 0 spiro atoms. The molecule has 1 heterocycles. The molecule has 9 nitrogen and oxygen atoms in total. The zero-order valence-electron chi connectivity index (χ0n) is 18.4. The highest BCUT2D eigenvalue weighted by Gasteiger charge is 2.24.